The molecule has 2 aromatic rings. The molecule has 176 valence electrons. The number of nitrogens with zero attached hydrogens (tertiary/aromatic N) is 2. The van der Waals surface area contributed by atoms with Gasteiger partial charge in [-0.1, -0.05) is 59.3 Å². The van der Waals surface area contributed by atoms with Gasteiger partial charge in [-0.05, 0) is 24.5 Å². The fraction of sp³-hybridized carbons (Fsp3) is 0.542. The van der Waals surface area contributed by atoms with Crippen molar-refractivity contribution in [3.05, 3.63) is 36.2 Å². The van der Waals surface area contributed by atoms with Crippen LogP contribution in [0, 0.1) is 17.6 Å². The molecule has 8 heteroatoms. The highest BCUT2D eigenvalue weighted by Gasteiger charge is 2.24. The lowest BCUT2D eigenvalue weighted by Crippen LogP contribution is -2.26. The lowest BCUT2D eigenvalue weighted by Gasteiger charge is -2.14. The average molecular weight is 469 g/mol. The third-order valence-corrected chi connectivity index (χ3v) is 5.87. The number of carbonyl (C=O) groups is 1. The highest BCUT2D eigenvalue weighted by atomic mass is 35.5. The molecule has 0 unspecified atom stereocenters. The highest BCUT2D eigenvalue weighted by Crippen LogP contribution is 2.28. The molecule has 0 amide bonds. The van der Waals surface area contributed by atoms with Crippen LogP contribution in [0.5, 0.6) is 11.5 Å². The molecule has 1 aromatic heterocycles. The largest absolute Gasteiger partial charge is 0.490 e. The maximum atomic E-state index is 14.6. The Balaban J connectivity index is 1.97. The summed E-state index contributed by atoms with van der Waals surface area (Å²) in [6, 6.07) is 2.74. The second-order valence-electron chi connectivity index (χ2n) is 7.81. The molecule has 0 aliphatic rings. The molecule has 2 rings (SSSR count). The van der Waals surface area contributed by atoms with E-state index in [2.05, 4.69) is 16.9 Å². The van der Waals surface area contributed by atoms with Gasteiger partial charge in [-0.25, -0.2) is 14.4 Å². The van der Waals surface area contributed by atoms with Gasteiger partial charge in [0.25, 0.3) is 0 Å². The number of unbranched alkanes of at least 4 members (excludes halogenated alkanes) is 5. The Kier molecular flexibility index (Phi) is 10.8. The van der Waals surface area contributed by atoms with E-state index in [0.717, 1.165) is 25.7 Å². The van der Waals surface area contributed by atoms with Gasteiger partial charge in [0.1, 0.15) is 5.38 Å². The first kappa shape index (κ1) is 26.0. The molecular formula is C24H31ClF2N2O3. The monoisotopic (exact) mass is 468 g/mol. The number of rotatable bonds is 13. The van der Waals surface area contributed by atoms with Crippen LogP contribution in [0.3, 0.4) is 0 Å². The molecule has 0 radical (unpaired) electrons. The number of esters is 1. The fourth-order valence-corrected chi connectivity index (χ4v) is 3.22. The van der Waals surface area contributed by atoms with E-state index in [-0.39, 0.29) is 28.8 Å². The van der Waals surface area contributed by atoms with E-state index in [1.165, 1.54) is 43.8 Å². The van der Waals surface area contributed by atoms with Crippen LogP contribution < -0.4 is 9.47 Å². The Hall–Kier alpha value is -2.28. The van der Waals surface area contributed by atoms with Crippen LogP contribution >= 0.6 is 11.6 Å². The van der Waals surface area contributed by atoms with Crippen molar-refractivity contribution < 1.29 is 23.0 Å². The van der Waals surface area contributed by atoms with Gasteiger partial charge >= 0.3 is 5.97 Å². The van der Waals surface area contributed by atoms with Crippen LogP contribution in [0.4, 0.5) is 8.78 Å². The number of halogens is 3. The van der Waals surface area contributed by atoms with Gasteiger partial charge in [0.2, 0.25) is 5.82 Å². The summed E-state index contributed by atoms with van der Waals surface area (Å²) in [5.41, 5.74) is -0.109. The van der Waals surface area contributed by atoms with Crippen molar-refractivity contribution in [3.8, 4) is 22.9 Å². The zero-order chi connectivity index (χ0) is 23.5. The predicted molar refractivity (Wildman–Crippen MR) is 121 cm³/mol. The molecule has 1 heterocycles. The lowest BCUT2D eigenvalue weighted by atomic mass is 10.1. The summed E-state index contributed by atoms with van der Waals surface area (Å²) >= 11 is 6.07. The first-order valence-electron chi connectivity index (χ1n) is 11.2. The molecule has 1 aromatic carbocycles. The summed E-state index contributed by atoms with van der Waals surface area (Å²) in [5, 5.41) is -0.796. The number of benzene rings is 1. The van der Waals surface area contributed by atoms with Crippen LogP contribution in [0.25, 0.3) is 11.4 Å². The fourth-order valence-electron chi connectivity index (χ4n) is 3.00. The molecule has 0 aliphatic carbocycles. The van der Waals surface area contributed by atoms with Gasteiger partial charge in [0, 0.05) is 0 Å². The summed E-state index contributed by atoms with van der Waals surface area (Å²) in [7, 11) is 0. The molecule has 0 N–H and O–H groups in total. The Bertz CT molecular complexity index is 865. The first-order valence-corrected chi connectivity index (χ1v) is 11.6. The Morgan fingerprint density at radius 1 is 1.03 bits per heavy atom. The van der Waals surface area contributed by atoms with Crippen LogP contribution in [-0.2, 0) is 4.79 Å². The van der Waals surface area contributed by atoms with Crippen LogP contribution in [-0.4, -0.2) is 27.9 Å². The first-order chi connectivity index (χ1) is 15.4. The van der Waals surface area contributed by atoms with Crippen molar-refractivity contribution in [1.82, 2.24) is 9.97 Å². The SMILES string of the molecule is CCCCCCCCOc1ccc(-c2ncc(OC(=O)[C@H](Cl)[C@H](C)CC)cn2)c(F)c1F. The zero-order valence-electron chi connectivity index (χ0n) is 18.9. The van der Waals surface area contributed by atoms with Gasteiger partial charge in [0.15, 0.2) is 23.1 Å². The number of hydrogen-bond acceptors (Lipinski definition) is 5. The zero-order valence-corrected chi connectivity index (χ0v) is 19.6. The molecular weight excluding hydrogens is 438 g/mol. The topological polar surface area (TPSA) is 61.3 Å². The van der Waals surface area contributed by atoms with Gasteiger partial charge < -0.3 is 9.47 Å². The van der Waals surface area contributed by atoms with Crippen molar-refractivity contribution in [1.29, 1.82) is 0 Å². The molecule has 0 spiro atoms. The van der Waals surface area contributed by atoms with Crippen molar-refractivity contribution in [3.63, 3.8) is 0 Å². The number of hydrogen-bond donors (Lipinski definition) is 0. The van der Waals surface area contributed by atoms with Crippen LogP contribution in [0.2, 0.25) is 0 Å². The van der Waals surface area contributed by atoms with Crippen LogP contribution in [0.1, 0.15) is 65.7 Å². The van der Waals surface area contributed by atoms with Crippen LogP contribution in [0.15, 0.2) is 24.5 Å². The summed E-state index contributed by atoms with van der Waals surface area (Å²) < 4.78 is 39.6. The van der Waals surface area contributed by atoms with Gasteiger partial charge in [-0.15, -0.1) is 11.6 Å². The molecule has 0 aliphatic heterocycles. The molecule has 0 bridgehead atoms. The van der Waals surface area contributed by atoms with Crippen molar-refractivity contribution in [2.75, 3.05) is 6.61 Å². The predicted octanol–water partition coefficient (Wildman–Crippen LogP) is 6.72. The second-order valence-corrected chi connectivity index (χ2v) is 8.28. The number of alkyl halides is 1. The normalized spacial score (nSPS) is 12.9. The molecule has 0 fully saturated rings. The van der Waals surface area contributed by atoms with E-state index < -0.39 is 23.0 Å². The number of carbonyl (C=O) groups excluding carboxylic acids is 1. The second kappa shape index (κ2) is 13.3. The summed E-state index contributed by atoms with van der Waals surface area (Å²) in [5.74, 6) is -2.92. The van der Waals surface area contributed by atoms with Crippen molar-refractivity contribution >= 4 is 17.6 Å². The number of ether oxygens (including phenoxy) is 2. The van der Waals surface area contributed by atoms with Gasteiger partial charge in [0.05, 0.1) is 24.6 Å². The quantitative estimate of drug-likeness (QED) is 0.185. The maximum absolute atomic E-state index is 14.6. The Morgan fingerprint density at radius 3 is 2.34 bits per heavy atom. The molecule has 5 nitrogen and oxygen atoms in total. The third kappa shape index (κ3) is 7.40. The Labute approximate surface area is 193 Å². The van der Waals surface area contributed by atoms with Crippen molar-refractivity contribution in [2.45, 2.75) is 71.1 Å². The smallest absolute Gasteiger partial charge is 0.329 e. The van der Waals surface area contributed by atoms with E-state index in [1.807, 2.05) is 13.8 Å². The minimum atomic E-state index is -1.09. The standard InChI is InChI=1S/C24H31ClF2N2O3/c1-4-6-7-8-9-10-13-31-19-12-11-18(21(26)22(19)27)23-28-14-17(15-29-23)32-24(30)20(25)16(3)5-2/h11-12,14-16,20H,4-10,13H2,1-3H3/t16-,20-/m1/s1. The van der Waals surface area contributed by atoms with Gasteiger partial charge in [-0.3, -0.25) is 4.79 Å². The average Bonchev–Trinajstić information content (AvgIpc) is 2.80. The van der Waals surface area contributed by atoms with E-state index in [4.69, 9.17) is 21.1 Å². The van der Waals surface area contributed by atoms with E-state index in [9.17, 15) is 13.6 Å². The highest BCUT2D eigenvalue weighted by molar-refractivity contribution is 6.30. The molecule has 0 saturated heterocycles. The Morgan fingerprint density at radius 2 is 1.69 bits per heavy atom. The number of aromatic nitrogens is 2. The lowest BCUT2D eigenvalue weighted by molar-refractivity contribution is -0.134. The third-order valence-electron chi connectivity index (χ3n) is 5.26. The summed E-state index contributed by atoms with van der Waals surface area (Å²) in [4.78, 5) is 20.0. The summed E-state index contributed by atoms with van der Waals surface area (Å²) in [6.45, 7) is 6.25. The van der Waals surface area contributed by atoms with E-state index >= 15 is 0 Å². The van der Waals surface area contributed by atoms with E-state index in [1.54, 1.807) is 0 Å². The van der Waals surface area contributed by atoms with Gasteiger partial charge in [-0.2, -0.15) is 4.39 Å². The molecule has 2 atom stereocenters. The minimum Gasteiger partial charge on any atom is -0.490 e. The summed E-state index contributed by atoms with van der Waals surface area (Å²) in [6.07, 6.45) is 9.62. The molecule has 0 saturated carbocycles. The maximum Gasteiger partial charge on any atom is 0.329 e. The molecule has 32 heavy (non-hydrogen) atoms. The minimum absolute atomic E-state index is 0.0342. The van der Waals surface area contributed by atoms with Crippen molar-refractivity contribution in [2.24, 2.45) is 5.92 Å². The van der Waals surface area contributed by atoms with E-state index in [0.29, 0.717) is 6.61 Å².